The van der Waals surface area contributed by atoms with Crippen LogP contribution in [0.3, 0.4) is 0 Å². The van der Waals surface area contributed by atoms with E-state index in [9.17, 15) is 9.59 Å². The molecule has 0 radical (unpaired) electrons. The summed E-state index contributed by atoms with van der Waals surface area (Å²) in [5.74, 6) is -1.11. The summed E-state index contributed by atoms with van der Waals surface area (Å²) in [5, 5.41) is 2.11. The zero-order valence-electron chi connectivity index (χ0n) is 6.78. The average molecular weight is 179 g/mol. The molecule has 2 amide bonds. The fourth-order valence-corrected chi connectivity index (χ4v) is 1.53. The Hall–Kier alpha value is -1.46. The monoisotopic (exact) mass is 179 g/mol. The lowest BCUT2D eigenvalue weighted by atomic mass is 9.77. The lowest BCUT2D eigenvalue weighted by molar-refractivity contribution is -0.126. The Labute approximate surface area is 74.5 Å². The molecule has 0 aromatic rings. The molecule has 2 unspecified atom stereocenters. The predicted octanol–water partition coefficient (Wildman–Crippen LogP) is -1.84. The predicted molar refractivity (Wildman–Crippen MR) is 45.3 cm³/mol. The van der Waals surface area contributed by atoms with Crippen LogP contribution in [0.1, 0.15) is 0 Å². The van der Waals surface area contributed by atoms with Crippen LogP contribution in [0.25, 0.3) is 0 Å². The Morgan fingerprint density at radius 2 is 1.38 bits per heavy atom. The number of fused-ring (bicyclic) bond motifs is 1. The molecule has 5 nitrogen and oxygen atoms in total. The van der Waals surface area contributed by atoms with E-state index in [-0.39, 0.29) is 0 Å². The van der Waals surface area contributed by atoms with Gasteiger partial charge in [-0.3, -0.25) is 14.9 Å². The molecule has 2 atom stereocenters. The van der Waals surface area contributed by atoms with Crippen molar-refractivity contribution in [3.05, 3.63) is 24.3 Å². The van der Waals surface area contributed by atoms with E-state index in [0.29, 0.717) is 0 Å². The summed E-state index contributed by atoms with van der Waals surface area (Å²) in [4.78, 5) is 22.6. The van der Waals surface area contributed by atoms with Gasteiger partial charge in [0.25, 0.3) is 11.8 Å². The third-order valence-corrected chi connectivity index (χ3v) is 2.49. The van der Waals surface area contributed by atoms with Gasteiger partial charge in [-0.1, -0.05) is 24.3 Å². The topological polar surface area (TPSA) is 98.2 Å². The van der Waals surface area contributed by atoms with Crippen LogP contribution in [0.15, 0.2) is 24.3 Å². The third kappa shape index (κ3) is 0.726. The lowest BCUT2D eigenvalue weighted by Crippen LogP contribution is -2.66. The van der Waals surface area contributed by atoms with Gasteiger partial charge in [0.2, 0.25) is 0 Å². The molecule has 1 aliphatic heterocycles. The van der Waals surface area contributed by atoms with E-state index in [1.165, 1.54) is 12.2 Å². The molecule has 1 heterocycles. The van der Waals surface area contributed by atoms with Gasteiger partial charge in [-0.25, -0.2) is 0 Å². The highest BCUT2D eigenvalue weighted by Gasteiger charge is 2.60. The maximum absolute atomic E-state index is 11.3. The third-order valence-electron chi connectivity index (χ3n) is 2.49. The number of imide groups is 1. The highest BCUT2D eigenvalue weighted by Crippen LogP contribution is 2.29. The molecular formula is C8H9N3O2. The molecule has 13 heavy (non-hydrogen) atoms. The summed E-state index contributed by atoms with van der Waals surface area (Å²) < 4.78 is 0. The van der Waals surface area contributed by atoms with Gasteiger partial charge < -0.3 is 11.5 Å². The second kappa shape index (κ2) is 2.07. The molecule has 1 saturated heterocycles. The number of hydrogen-bond acceptors (Lipinski definition) is 4. The number of rotatable bonds is 0. The minimum Gasteiger partial charge on any atom is -0.312 e. The second-order valence-electron chi connectivity index (χ2n) is 3.24. The van der Waals surface area contributed by atoms with E-state index in [1.807, 2.05) is 0 Å². The van der Waals surface area contributed by atoms with Gasteiger partial charge in [-0.2, -0.15) is 0 Å². The maximum Gasteiger partial charge on any atom is 0.253 e. The first-order valence-electron chi connectivity index (χ1n) is 3.81. The summed E-state index contributed by atoms with van der Waals surface area (Å²) in [5.41, 5.74) is 8.61. The van der Waals surface area contributed by atoms with E-state index in [0.717, 1.165) is 0 Å². The summed E-state index contributed by atoms with van der Waals surface area (Å²) in [7, 11) is 0. The molecule has 2 rings (SSSR count). The fourth-order valence-electron chi connectivity index (χ4n) is 1.53. The zero-order valence-corrected chi connectivity index (χ0v) is 6.78. The van der Waals surface area contributed by atoms with Crippen LogP contribution < -0.4 is 16.8 Å². The van der Waals surface area contributed by atoms with Gasteiger partial charge in [0.05, 0.1) is 0 Å². The molecule has 0 saturated carbocycles. The summed E-state index contributed by atoms with van der Waals surface area (Å²) >= 11 is 0. The zero-order chi connectivity index (χ0) is 9.69. The van der Waals surface area contributed by atoms with Crippen molar-refractivity contribution < 1.29 is 9.59 Å². The summed E-state index contributed by atoms with van der Waals surface area (Å²) in [6.45, 7) is 0. The minimum absolute atomic E-state index is 0.555. The first-order chi connectivity index (χ1) is 6.01. The van der Waals surface area contributed by atoms with Crippen molar-refractivity contribution in [2.45, 2.75) is 11.1 Å². The molecule has 5 heteroatoms. The fraction of sp³-hybridized carbons (Fsp3) is 0.250. The van der Waals surface area contributed by atoms with Crippen molar-refractivity contribution in [1.29, 1.82) is 0 Å². The van der Waals surface area contributed by atoms with E-state index in [2.05, 4.69) is 5.32 Å². The molecule has 0 aromatic heterocycles. The number of hydrogen-bond donors (Lipinski definition) is 3. The molecule has 5 N–H and O–H groups in total. The van der Waals surface area contributed by atoms with Crippen LogP contribution in [-0.2, 0) is 9.59 Å². The maximum atomic E-state index is 11.3. The molecule has 2 aliphatic rings. The van der Waals surface area contributed by atoms with E-state index >= 15 is 0 Å². The Morgan fingerprint density at radius 1 is 1.00 bits per heavy atom. The van der Waals surface area contributed by atoms with Gasteiger partial charge in [-0.15, -0.1) is 0 Å². The van der Waals surface area contributed by atoms with Crippen molar-refractivity contribution in [3.63, 3.8) is 0 Å². The van der Waals surface area contributed by atoms with Crippen LogP contribution in [0.4, 0.5) is 0 Å². The smallest absolute Gasteiger partial charge is 0.253 e. The van der Waals surface area contributed by atoms with Crippen LogP contribution in [0.5, 0.6) is 0 Å². The number of amides is 2. The van der Waals surface area contributed by atoms with Gasteiger partial charge in [0.15, 0.2) is 0 Å². The number of carbonyl (C=O) groups is 2. The first kappa shape index (κ1) is 8.15. The molecule has 1 aliphatic carbocycles. The minimum atomic E-state index is -1.43. The normalized spacial score (nSPS) is 42.0. The Morgan fingerprint density at radius 3 is 1.77 bits per heavy atom. The van der Waals surface area contributed by atoms with Crippen molar-refractivity contribution in [1.82, 2.24) is 5.32 Å². The van der Waals surface area contributed by atoms with Gasteiger partial charge in [0.1, 0.15) is 11.1 Å². The molecular weight excluding hydrogens is 170 g/mol. The lowest BCUT2D eigenvalue weighted by Gasteiger charge is -2.32. The van der Waals surface area contributed by atoms with Gasteiger partial charge in [0, 0.05) is 0 Å². The van der Waals surface area contributed by atoms with E-state index < -0.39 is 22.9 Å². The molecule has 0 spiro atoms. The number of nitrogens with two attached hydrogens (primary N) is 2. The van der Waals surface area contributed by atoms with Crippen molar-refractivity contribution in [2.24, 2.45) is 11.5 Å². The van der Waals surface area contributed by atoms with Crippen LogP contribution in [-0.4, -0.2) is 22.9 Å². The van der Waals surface area contributed by atoms with Crippen LogP contribution in [0, 0.1) is 0 Å². The van der Waals surface area contributed by atoms with Crippen LogP contribution >= 0.6 is 0 Å². The van der Waals surface area contributed by atoms with Crippen LogP contribution in [0.2, 0.25) is 0 Å². The van der Waals surface area contributed by atoms with Crippen molar-refractivity contribution in [2.75, 3.05) is 0 Å². The standard InChI is InChI=1S/C8H9N3O2/c9-7-3-1-2-4-8(7,10)6(13)11-5(7)12/h1-4H,9-10H2,(H,11,12,13). The van der Waals surface area contributed by atoms with Gasteiger partial charge >= 0.3 is 0 Å². The highest BCUT2D eigenvalue weighted by atomic mass is 16.2. The van der Waals surface area contributed by atoms with Crippen molar-refractivity contribution >= 4 is 11.8 Å². The van der Waals surface area contributed by atoms with E-state index in [4.69, 9.17) is 11.5 Å². The highest BCUT2D eigenvalue weighted by molar-refractivity contribution is 6.17. The second-order valence-corrected chi connectivity index (χ2v) is 3.24. The Kier molecular flexibility index (Phi) is 1.30. The summed E-state index contributed by atoms with van der Waals surface area (Å²) in [6.07, 6.45) is 6.08. The molecule has 0 aromatic carbocycles. The molecule has 0 bridgehead atoms. The average Bonchev–Trinajstić information content (AvgIpc) is 2.25. The Bertz CT molecular complexity index is 326. The molecule has 1 fully saturated rings. The Balaban J connectivity index is 2.62. The number of allylic oxidation sites excluding steroid dienone is 2. The number of nitrogens with one attached hydrogen (secondary N) is 1. The first-order valence-corrected chi connectivity index (χ1v) is 3.81. The quantitative estimate of drug-likeness (QED) is 0.381. The molecule has 68 valence electrons. The number of carbonyl (C=O) groups excluding carboxylic acids is 2. The summed E-state index contributed by atoms with van der Waals surface area (Å²) in [6, 6.07) is 0. The largest absolute Gasteiger partial charge is 0.312 e. The van der Waals surface area contributed by atoms with Gasteiger partial charge in [-0.05, 0) is 0 Å². The van der Waals surface area contributed by atoms with E-state index in [1.54, 1.807) is 12.2 Å². The SMILES string of the molecule is NC12C=CC=CC1(N)C(=O)NC2=O. The van der Waals surface area contributed by atoms with Crippen molar-refractivity contribution in [3.8, 4) is 0 Å².